The van der Waals surface area contributed by atoms with Crippen LogP contribution in [0.1, 0.15) is 0 Å². The normalized spacial score (nSPS) is 10.8. The highest BCUT2D eigenvalue weighted by molar-refractivity contribution is 9.10. The average Bonchev–Trinajstić information content (AvgIpc) is 2.84. The van der Waals surface area contributed by atoms with Crippen LogP contribution in [-0.2, 0) is 0 Å². The molecule has 0 N–H and O–H groups in total. The number of ether oxygens (including phenoxy) is 1. The summed E-state index contributed by atoms with van der Waals surface area (Å²) < 4.78 is 7.85. The molecule has 0 bridgehead atoms. The third-order valence-electron chi connectivity index (χ3n) is 2.62. The van der Waals surface area contributed by atoms with Gasteiger partial charge < -0.3 is 4.74 Å². The molecule has 0 aliphatic carbocycles. The zero-order valence-electron chi connectivity index (χ0n) is 9.54. The molecule has 1 aromatic carbocycles. The Morgan fingerprint density at radius 1 is 1.11 bits per heavy atom. The fourth-order valence-corrected chi connectivity index (χ4v) is 2.21. The second-order valence-electron chi connectivity index (χ2n) is 3.68. The number of aromatic nitrogens is 4. The Kier molecular flexibility index (Phi) is 2.71. The maximum Gasteiger partial charge on any atom is 0.180 e. The SMILES string of the molecule is COc1ccc(-c2nnc3cncc(Br)n23)cc1. The van der Waals surface area contributed by atoms with E-state index in [2.05, 4.69) is 31.1 Å². The lowest BCUT2D eigenvalue weighted by molar-refractivity contribution is 0.415. The molecule has 0 amide bonds. The number of hydrogen-bond acceptors (Lipinski definition) is 4. The van der Waals surface area contributed by atoms with Gasteiger partial charge in [0.2, 0.25) is 0 Å². The largest absolute Gasteiger partial charge is 0.497 e. The molecule has 0 aliphatic heterocycles. The van der Waals surface area contributed by atoms with Gasteiger partial charge in [-0.3, -0.25) is 9.38 Å². The highest BCUT2D eigenvalue weighted by Gasteiger charge is 2.10. The molecule has 0 fully saturated rings. The van der Waals surface area contributed by atoms with Gasteiger partial charge in [0, 0.05) is 5.56 Å². The summed E-state index contributed by atoms with van der Waals surface area (Å²) in [7, 11) is 1.64. The molecule has 3 rings (SSSR count). The van der Waals surface area contributed by atoms with Gasteiger partial charge in [-0.2, -0.15) is 0 Å². The van der Waals surface area contributed by atoms with Crippen LogP contribution in [0.2, 0.25) is 0 Å². The Balaban J connectivity index is 2.18. The summed E-state index contributed by atoms with van der Waals surface area (Å²) in [6, 6.07) is 7.68. The molecular formula is C12H9BrN4O. The monoisotopic (exact) mass is 304 g/mol. The number of hydrogen-bond donors (Lipinski definition) is 0. The van der Waals surface area contributed by atoms with Crippen LogP contribution in [0.25, 0.3) is 17.0 Å². The van der Waals surface area contributed by atoms with E-state index in [9.17, 15) is 0 Å². The van der Waals surface area contributed by atoms with Gasteiger partial charge in [-0.05, 0) is 40.2 Å². The molecule has 5 nitrogen and oxygen atoms in total. The van der Waals surface area contributed by atoms with Crippen LogP contribution in [0, 0.1) is 0 Å². The molecule has 0 aliphatic rings. The lowest BCUT2D eigenvalue weighted by Crippen LogP contribution is -1.92. The van der Waals surface area contributed by atoms with Gasteiger partial charge in [0.05, 0.1) is 19.5 Å². The smallest absolute Gasteiger partial charge is 0.180 e. The van der Waals surface area contributed by atoms with E-state index in [-0.39, 0.29) is 0 Å². The molecule has 18 heavy (non-hydrogen) atoms. The van der Waals surface area contributed by atoms with Gasteiger partial charge >= 0.3 is 0 Å². The van der Waals surface area contributed by atoms with Gasteiger partial charge in [-0.1, -0.05) is 0 Å². The number of benzene rings is 1. The van der Waals surface area contributed by atoms with Crippen molar-refractivity contribution in [2.75, 3.05) is 7.11 Å². The van der Waals surface area contributed by atoms with E-state index in [1.807, 2.05) is 28.7 Å². The number of fused-ring (bicyclic) bond motifs is 1. The third-order valence-corrected chi connectivity index (χ3v) is 3.18. The zero-order chi connectivity index (χ0) is 12.5. The molecule has 0 saturated heterocycles. The van der Waals surface area contributed by atoms with E-state index >= 15 is 0 Å². The minimum Gasteiger partial charge on any atom is -0.497 e. The lowest BCUT2D eigenvalue weighted by atomic mass is 10.2. The van der Waals surface area contributed by atoms with Crippen molar-refractivity contribution in [2.24, 2.45) is 0 Å². The summed E-state index contributed by atoms with van der Waals surface area (Å²) >= 11 is 3.45. The molecule has 6 heteroatoms. The summed E-state index contributed by atoms with van der Waals surface area (Å²) in [5.74, 6) is 1.58. The summed E-state index contributed by atoms with van der Waals surface area (Å²) in [5, 5.41) is 8.27. The Labute approximate surface area is 112 Å². The topological polar surface area (TPSA) is 52.3 Å². The minimum absolute atomic E-state index is 0.704. The van der Waals surface area contributed by atoms with Crippen molar-refractivity contribution in [3.8, 4) is 17.1 Å². The first kappa shape index (κ1) is 11.2. The molecule has 3 aromatic rings. The van der Waals surface area contributed by atoms with Gasteiger partial charge in [-0.25, -0.2) is 0 Å². The number of rotatable bonds is 2. The lowest BCUT2D eigenvalue weighted by Gasteiger charge is -2.03. The summed E-state index contributed by atoms with van der Waals surface area (Å²) in [5.41, 5.74) is 1.67. The maximum atomic E-state index is 5.14. The maximum absolute atomic E-state index is 5.14. The summed E-state index contributed by atoms with van der Waals surface area (Å²) in [6.07, 6.45) is 3.38. The first-order valence-corrected chi connectivity index (χ1v) is 6.08. The van der Waals surface area contributed by atoms with E-state index in [0.717, 1.165) is 21.7 Å². The zero-order valence-corrected chi connectivity index (χ0v) is 11.1. The van der Waals surface area contributed by atoms with Gasteiger partial charge in [0.25, 0.3) is 0 Å². The van der Waals surface area contributed by atoms with Crippen molar-refractivity contribution in [3.63, 3.8) is 0 Å². The summed E-state index contributed by atoms with van der Waals surface area (Å²) in [4.78, 5) is 4.06. The molecule has 2 heterocycles. The molecule has 0 spiro atoms. The second kappa shape index (κ2) is 4.38. The highest BCUT2D eigenvalue weighted by Crippen LogP contribution is 2.23. The van der Waals surface area contributed by atoms with Crippen molar-refractivity contribution in [2.45, 2.75) is 0 Å². The van der Waals surface area contributed by atoms with Crippen LogP contribution in [-0.4, -0.2) is 26.7 Å². The standard InChI is InChI=1S/C12H9BrN4O/c1-18-9-4-2-8(3-5-9)12-16-15-11-7-14-6-10(13)17(11)12/h2-7H,1H3. The molecule has 0 unspecified atom stereocenters. The number of methoxy groups -OCH3 is 1. The Morgan fingerprint density at radius 3 is 2.61 bits per heavy atom. The van der Waals surface area contributed by atoms with Crippen LogP contribution in [0.3, 0.4) is 0 Å². The number of halogens is 1. The first-order valence-electron chi connectivity index (χ1n) is 5.28. The van der Waals surface area contributed by atoms with Crippen molar-refractivity contribution in [1.82, 2.24) is 19.6 Å². The Morgan fingerprint density at radius 2 is 1.89 bits per heavy atom. The Bertz CT molecular complexity index is 693. The van der Waals surface area contributed by atoms with Crippen LogP contribution >= 0.6 is 15.9 Å². The Hall–Kier alpha value is -1.95. The van der Waals surface area contributed by atoms with Gasteiger partial charge in [-0.15, -0.1) is 10.2 Å². The van der Waals surface area contributed by atoms with Crippen molar-refractivity contribution < 1.29 is 4.74 Å². The molecule has 90 valence electrons. The van der Waals surface area contributed by atoms with E-state index in [4.69, 9.17) is 4.74 Å². The van der Waals surface area contributed by atoms with E-state index < -0.39 is 0 Å². The van der Waals surface area contributed by atoms with Gasteiger partial charge in [0.1, 0.15) is 10.4 Å². The van der Waals surface area contributed by atoms with Crippen LogP contribution in [0.5, 0.6) is 5.75 Å². The molecule has 0 saturated carbocycles. The van der Waals surface area contributed by atoms with Crippen LogP contribution < -0.4 is 4.74 Å². The number of nitrogens with zero attached hydrogens (tertiary/aromatic N) is 4. The van der Waals surface area contributed by atoms with Crippen molar-refractivity contribution in [3.05, 3.63) is 41.3 Å². The van der Waals surface area contributed by atoms with Gasteiger partial charge in [0.15, 0.2) is 11.5 Å². The second-order valence-corrected chi connectivity index (χ2v) is 4.49. The quantitative estimate of drug-likeness (QED) is 0.730. The third kappa shape index (κ3) is 1.74. The minimum atomic E-state index is 0.704. The highest BCUT2D eigenvalue weighted by atomic mass is 79.9. The fraction of sp³-hybridized carbons (Fsp3) is 0.0833. The van der Waals surface area contributed by atoms with Crippen molar-refractivity contribution in [1.29, 1.82) is 0 Å². The predicted molar refractivity (Wildman–Crippen MR) is 70.5 cm³/mol. The van der Waals surface area contributed by atoms with Crippen LogP contribution in [0.4, 0.5) is 0 Å². The van der Waals surface area contributed by atoms with Crippen molar-refractivity contribution >= 4 is 21.6 Å². The molecule has 2 aromatic heterocycles. The van der Waals surface area contributed by atoms with E-state index in [1.165, 1.54) is 0 Å². The average molecular weight is 305 g/mol. The van der Waals surface area contributed by atoms with E-state index in [1.54, 1.807) is 19.5 Å². The first-order chi connectivity index (χ1) is 8.79. The fourth-order valence-electron chi connectivity index (χ4n) is 1.74. The van der Waals surface area contributed by atoms with E-state index in [0.29, 0.717) is 5.65 Å². The summed E-state index contributed by atoms with van der Waals surface area (Å²) in [6.45, 7) is 0. The molecule has 0 atom stereocenters. The molecular weight excluding hydrogens is 296 g/mol. The van der Waals surface area contributed by atoms with Crippen LogP contribution in [0.15, 0.2) is 41.3 Å². The predicted octanol–water partition coefficient (Wildman–Crippen LogP) is 2.56. The molecule has 0 radical (unpaired) electrons.